The number of aromatic nitrogens is 2. The van der Waals surface area contributed by atoms with Gasteiger partial charge in [-0.25, -0.2) is 14.4 Å². The van der Waals surface area contributed by atoms with E-state index < -0.39 is 5.82 Å². The lowest BCUT2D eigenvalue weighted by molar-refractivity contribution is 0.614. The van der Waals surface area contributed by atoms with E-state index in [0.717, 1.165) is 17.4 Å². The van der Waals surface area contributed by atoms with Crippen molar-refractivity contribution in [3.63, 3.8) is 0 Å². The fourth-order valence-corrected chi connectivity index (χ4v) is 2.13. The Morgan fingerprint density at radius 2 is 1.58 bits per heavy atom. The van der Waals surface area contributed by atoms with E-state index in [1.165, 1.54) is 24.4 Å². The zero-order valence-electron chi connectivity index (χ0n) is 11.6. The lowest BCUT2D eigenvalue weighted by Gasteiger charge is -2.02. The molecule has 2 nitrogen and oxygen atoms in total. The monoisotopic (exact) mass is 258 g/mol. The number of benzene rings is 1. The van der Waals surface area contributed by atoms with Crippen molar-refractivity contribution in [2.45, 2.75) is 33.1 Å². The van der Waals surface area contributed by atoms with Gasteiger partial charge in [0.05, 0.1) is 12.4 Å². The van der Waals surface area contributed by atoms with Crippen LogP contribution in [0.25, 0.3) is 11.4 Å². The van der Waals surface area contributed by atoms with Crippen LogP contribution in [0.3, 0.4) is 0 Å². The molecule has 0 amide bonds. The largest absolute Gasteiger partial charge is 0.233 e. The summed E-state index contributed by atoms with van der Waals surface area (Å²) in [6.07, 6.45) is 3.67. The fraction of sp³-hybridized carbons (Fsp3) is 0.375. The Morgan fingerprint density at radius 3 is 2.05 bits per heavy atom. The molecule has 3 rings (SSSR count). The molecule has 1 saturated carbocycles. The standard InChI is InChI=1S/C14H13FN2.C2H6/c1-9-6-13(9)10-2-4-11(5-3-10)14-16-7-12(15)8-17-14;1-2/h2-5,7-9,13H,6H2,1H3;1-2H3. The van der Waals surface area contributed by atoms with Gasteiger partial charge in [-0.1, -0.05) is 45.0 Å². The molecule has 0 saturated heterocycles. The average molecular weight is 258 g/mol. The molecule has 3 heteroatoms. The van der Waals surface area contributed by atoms with Crippen molar-refractivity contribution >= 4 is 0 Å². The molecule has 1 aliphatic rings. The zero-order valence-corrected chi connectivity index (χ0v) is 11.6. The maximum Gasteiger partial charge on any atom is 0.159 e. The number of rotatable bonds is 2. The molecule has 2 aromatic rings. The summed E-state index contributed by atoms with van der Waals surface area (Å²) in [5.41, 5.74) is 2.31. The predicted molar refractivity (Wildman–Crippen MR) is 75.3 cm³/mol. The first-order valence-corrected chi connectivity index (χ1v) is 6.82. The summed E-state index contributed by atoms with van der Waals surface area (Å²) >= 11 is 0. The fourth-order valence-electron chi connectivity index (χ4n) is 2.13. The molecule has 1 heterocycles. The maximum atomic E-state index is 12.7. The van der Waals surface area contributed by atoms with Gasteiger partial charge < -0.3 is 0 Å². The van der Waals surface area contributed by atoms with E-state index in [2.05, 4.69) is 29.0 Å². The molecular weight excluding hydrogens is 239 g/mol. The van der Waals surface area contributed by atoms with Crippen LogP contribution in [-0.4, -0.2) is 9.97 Å². The van der Waals surface area contributed by atoms with Crippen molar-refractivity contribution < 1.29 is 4.39 Å². The van der Waals surface area contributed by atoms with Crippen LogP contribution in [0.1, 0.15) is 38.7 Å². The molecule has 1 aliphatic carbocycles. The molecule has 2 atom stereocenters. The van der Waals surface area contributed by atoms with Crippen molar-refractivity contribution in [1.29, 1.82) is 0 Å². The van der Waals surface area contributed by atoms with Crippen LogP contribution in [-0.2, 0) is 0 Å². The Labute approximate surface area is 113 Å². The van der Waals surface area contributed by atoms with E-state index in [1.807, 2.05) is 26.0 Å². The Hall–Kier alpha value is -1.77. The average Bonchev–Trinajstić information content (AvgIpc) is 3.19. The Balaban J connectivity index is 0.000000637. The summed E-state index contributed by atoms with van der Waals surface area (Å²) in [7, 11) is 0. The molecule has 0 spiro atoms. The Bertz CT molecular complexity index is 519. The maximum absolute atomic E-state index is 12.7. The van der Waals surface area contributed by atoms with Crippen molar-refractivity contribution in [2.24, 2.45) is 5.92 Å². The molecule has 0 bridgehead atoms. The first kappa shape index (κ1) is 13.7. The molecule has 0 radical (unpaired) electrons. The molecule has 1 aromatic carbocycles. The van der Waals surface area contributed by atoms with Gasteiger partial charge in [0, 0.05) is 5.56 Å². The minimum Gasteiger partial charge on any atom is -0.233 e. The SMILES string of the molecule is CC.CC1CC1c1ccc(-c2ncc(F)cn2)cc1. The molecule has 0 N–H and O–H groups in total. The van der Waals surface area contributed by atoms with Crippen LogP contribution >= 0.6 is 0 Å². The van der Waals surface area contributed by atoms with Gasteiger partial charge in [-0.15, -0.1) is 0 Å². The van der Waals surface area contributed by atoms with Crippen LogP contribution in [0.15, 0.2) is 36.7 Å². The normalized spacial score (nSPS) is 20.4. The molecule has 1 aromatic heterocycles. The van der Waals surface area contributed by atoms with E-state index in [4.69, 9.17) is 0 Å². The van der Waals surface area contributed by atoms with Crippen LogP contribution in [0.4, 0.5) is 4.39 Å². The van der Waals surface area contributed by atoms with E-state index in [1.54, 1.807) is 0 Å². The quantitative estimate of drug-likeness (QED) is 0.796. The molecule has 19 heavy (non-hydrogen) atoms. The summed E-state index contributed by atoms with van der Waals surface area (Å²) in [5.74, 6) is 1.69. The van der Waals surface area contributed by atoms with Crippen LogP contribution < -0.4 is 0 Å². The highest BCUT2D eigenvalue weighted by Gasteiger charge is 2.33. The predicted octanol–water partition coefficient (Wildman–Crippen LogP) is 4.43. The van der Waals surface area contributed by atoms with Gasteiger partial charge in [0.1, 0.15) is 0 Å². The van der Waals surface area contributed by atoms with Gasteiger partial charge in [-0.3, -0.25) is 0 Å². The van der Waals surface area contributed by atoms with Gasteiger partial charge >= 0.3 is 0 Å². The summed E-state index contributed by atoms with van der Waals surface area (Å²) in [6, 6.07) is 8.26. The van der Waals surface area contributed by atoms with Crippen LogP contribution in [0.5, 0.6) is 0 Å². The summed E-state index contributed by atoms with van der Waals surface area (Å²) in [6.45, 7) is 6.27. The highest BCUT2D eigenvalue weighted by atomic mass is 19.1. The van der Waals surface area contributed by atoms with E-state index in [-0.39, 0.29) is 0 Å². The second-order valence-corrected chi connectivity index (χ2v) is 4.67. The first-order valence-electron chi connectivity index (χ1n) is 6.82. The minimum atomic E-state index is -0.405. The second kappa shape index (κ2) is 5.91. The lowest BCUT2D eigenvalue weighted by Crippen LogP contribution is -1.90. The molecular formula is C16H19FN2. The van der Waals surface area contributed by atoms with Crippen molar-refractivity contribution in [1.82, 2.24) is 9.97 Å². The topological polar surface area (TPSA) is 25.8 Å². The van der Waals surface area contributed by atoms with Crippen molar-refractivity contribution in [2.75, 3.05) is 0 Å². The van der Waals surface area contributed by atoms with Gasteiger partial charge in [-0.05, 0) is 23.8 Å². The number of hydrogen-bond acceptors (Lipinski definition) is 2. The number of halogens is 1. The van der Waals surface area contributed by atoms with Crippen LogP contribution in [0, 0.1) is 11.7 Å². The smallest absolute Gasteiger partial charge is 0.159 e. The van der Waals surface area contributed by atoms with Gasteiger partial charge in [0.25, 0.3) is 0 Å². The van der Waals surface area contributed by atoms with Gasteiger partial charge in [0.2, 0.25) is 0 Å². The summed E-state index contributed by atoms with van der Waals surface area (Å²) < 4.78 is 12.7. The Morgan fingerprint density at radius 1 is 1.05 bits per heavy atom. The van der Waals surface area contributed by atoms with E-state index in [0.29, 0.717) is 5.82 Å². The van der Waals surface area contributed by atoms with Gasteiger partial charge in [0.15, 0.2) is 11.6 Å². The lowest BCUT2D eigenvalue weighted by atomic mass is 10.1. The third-order valence-electron chi connectivity index (χ3n) is 3.33. The van der Waals surface area contributed by atoms with Crippen LogP contribution in [0.2, 0.25) is 0 Å². The minimum absolute atomic E-state index is 0.405. The summed E-state index contributed by atoms with van der Waals surface area (Å²) in [5, 5.41) is 0. The molecule has 100 valence electrons. The van der Waals surface area contributed by atoms with Gasteiger partial charge in [-0.2, -0.15) is 0 Å². The summed E-state index contributed by atoms with van der Waals surface area (Å²) in [4.78, 5) is 7.94. The number of nitrogens with zero attached hydrogens (tertiary/aromatic N) is 2. The van der Waals surface area contributed by atoms with Crippen molar-refractivity contribution in [3.05, 3.63) is 48.0 Å². The second-order valence-electron chi connectivity index (χ2n) is 4.67. The third kappa shape index (κ3) is 3.16. The third-order valence-corrected chi connectivity index (χ3v) is 3.33. The number of hydrogen-bond donors (Lipinski definition) is 0. The molecule has 0 aliphatic heterocycles. The molecule has 2 unspecified atom stereocenters. The molecule has 1 fully saturated rings. The first-order chi connectivity index (χ1) is 9.24. The van der Waals surface area contributed by atoms with E-state index in [9.17, 15) is 4.39 Å². The highest BCUT2D eigenvalue weighted by molar-refractivity contribution is 5.55. The zero-order chi connectivity index (χ0) is 13.8. The Kier molecular flexibility index (Phi) is 4.25. The van der Waals surface area contributed by atoms with Crippen molar-refractivity contribution in [3.8, 4) is 11.4 Å². The highest BCUT2D eigenvalue weighted by Crippen LogP contribution is 2.46. The van der Waals surface area contributed by atoms with E-state index >= 15 is 0 Å².